The quantitative estimate of drug-likeness (QED) is 0.636. The van der Waals surface area contributed by atoms with Crippen molar-refractivity contribution >= 4 is 16.9 Å². The first-order valence-electron chi connectivity index (χ1n) is 8.61. The van der Waals surface area contributed by atoms with E-state index in [1.54, 1.807) is 18.2 Å². The summed E-state index contributed by atoms with van der Waals surface area (Å²) < 4.78 is 2.43. The van der Waals surface area contributed by atoms with Crippen molar-refractivity contribution in [3.05, 3.63) is 87.7 Å². The molecular formula is C20H20N4O3. The van der Waals surface area contributed by atoms with Gasteiger partial charge in [0.2, 0.25) is 5.91 Å². The summed E-state index contributed by atoms with van der Waals surface area (Å²) in [7, 11) is 0. The van der Waals surface area contributed by atoms with Gasteiger partial charge in [0.25, 0.3) is 5.56 Å². The minimum atomic E-state index is -0.523. The Morgan fingerprint density at radius 3 is 2.63 bits per heavy atom. The number of hydrogen-bond donors (Lipinski definition) is 1. The first kappa shape index (κ1) is 18.3. The van der Waals surface area contributed by atoms with Crippen molar-refractivity contribution in [1.82, 2.24) is 19.4 Å². The van der Waals surface area contributed by atoms with Gasteiger partial charge in [0.05, 0.1) is 5.52 Å². The Bertz CT molecular complexity index is 1080. The van der Waals surface area contributed by atoms with Gasteiger partial charge in [-0.2, -0.15) is 0 Å². The van der Waals surface area contributed by atoms with Gasteiger partial charge in [-0.25, -0.2) is 9.78 Å². The van der Waals surface area contributed by atoms with E-state index in [0.29, 0.717) is 18.5 Å². The van der Waals surface area contributed by atoms with Gasteiger partial charge in [-0.15, -0.1) is 6.58 Å². The molecule has 3 aromatic rings. The topological polar surface area (TPSA) is 86.0 Å². The average molecular weight is 364 g/mol. The summed E-state index contributed by atoms with van der Waals surface area (Å²) in [5, 5.41) is 2.64. The second kappa shape index (κ2) is 8.27. The molecule has 27 heavy (non-hydrogen) atoms. The van der Waals surface area contributed by atoms with Crippen LogP contribution in [0.25, 0.3) is 11.0 Å². The molecule has 0 unspecified atom stereocenters. The number of pyridine rings is 1. The van der Waals surface area contributed by atoms with Crippen molar-refractivity contribution in [2.45, 2.75) is 19.5 Å². The van der Waals surface area contributed by atoms with Gasteiger partial charge in [0.15, 0.2) is 5.52 Å². The fraction of sp³-hybridized carbons (Fsp3) is 0.200. The van der Waals surface area contributed by atoms with E-state index < -0.39 is 11.2 Å². The van der Waals surface area contributed by atoms with Gasteiger partial charge in [0, 0.05) is 19.3 Å². The average Bonchev–Trinajstić information content (AvgIpc) is 2.70. The number of fused-ring (bicyclic) bond motifs is 1. The van der Waals surface area contributed by atoms with E-state index in [0.717, 1.165) is 10.1 Å². The summed E-state index contributed by atoms with van der Waals surface area (Å²) in [6.45, 7) is 3.87. The maximum absolute atomic E-state index is 12.9. The van der Waals surface area contributed by atoms with E-state index in [1.807, 2.05) is 30.3 Å². The van der Waals surface area contributed by atoms with Crippen LogP contribution in [0.1, 0.15) is 5.56 Å². The molecule has 0 saturated carbocycles. The molecule has 7 nitrogen and oxygen atoms in total. The van der Waals surface area contributed by atoms with Crippen molar-refractivity contribution in [3.8, 4) is 0 Å². The molecule has 1 amide bonds. The number of nitrogens with zero attached hydrogens (tertiary/aromatic N) is 3. The third kappa shape index (κ3) is 4.03. The van der Waals surface area contributed by atoms with Crippen LogP contribution in [0.5, 0.6) is 0 Å². The van der Waals surface area contributed by atoms with Crippen molar-refractivity contribution in [1.29, 1.82) is 0 Å². The van der Waals surface area contributed by atoms with E-state index in [4.69, 9.17) is 0 Å². The predicted octanol–water partition coefficient (Wildman–Crippen LogP) is 1.10. The fourth-order valence-corrected chi connectivity index (χ4v) is 2.86. The van der Waals surface area contributed by atoms with Crippen LogP contribution in [-0.2, 0) is 24.3 Å². The predicted molar refractivity (Wildman–Crippen MR) is 104 cm³/mol. The van der Waals surface area contributed by atoms with Crippen molar-refractivity contribution in [2.75, 3.05) is 6.54 Å². The SMILES string of the molecule is C=CCNC(=O)Cn1c(=O)n(CCc2ccccc2)c(=O)c2ncccc21. The standard InChI is InChI=1S/C20H20N4O3/c1-2-11-21-17(25)14-24-16-9-6-12-22-18(16)19(26)23(20(24)27)13-10-15-7-4-3-5-8-15/h2-9,12H,1,10-11,13-14H2,(H,21,25). The van der Waals surface area contributed by atoms with Crippen LogP contribution >= 0.6 is 0 Å². The summed E-state index contributed by atoms with van der Waals surface area (Å²) in [6.07, 6.45) is 3.58. The van der Waals surface area contributed by atoms with Gasteiger partial charge >= 0.3 is 5.69 Å². The largest absolute Gasteiger partial charge is 0.351 e. The van der Waals surface area contributed by atoms with Crippen molar-refractivity contribution < 1.29 is 4.79 Å². The lowest BCUT2D eigenvalue weighted by Gasteiger charge is -2.13. The van der Waals surface area contributed by atoms with Crippen molar-refractivity contribution in [2.24, 2.45) is 0 Å². The van der Waals surface area contributed by atoms with E-state index in [1.165, 1.54) is 10.8 Å². The monoisotopic (exact) mass is 364 g/mol. The number of nitrogens with one attached hydrogen (secondary N) is 1. The third-order valence-corrected chi connectivity index (χ3v) is 4.20. The number of rotatable bonds is 7. The zero-order chi connectivity index (χ0) is 19.2. The molecule has 2 heterocycles. The minimum Gasteiger partial charge on any atom is -0.351 e. The zero-order valence-electron chi connectivity index (χ0n) is 14.8. The first-order valence-corrected chi connectivity index (χ1v) is 8.61. The van der Waals surface area contributed by atoms with Crippen LogP contribution in [0, 0.1) is 0 Å². The molecule has 0 aliphatic rings. The summed E-state index contributed by atoms with van der Waals surface area (Å²) in [5.41, 5.74) is 0.554. The number of carbonyl (C=O) groups excluding carboxylic acids is 1. The second-order valence-corrected chi connectivity index (χ2v) is 6.02. The maximum Gasteiger partial charge on any atom is 0.332 e. The van der Waals surface area contributed by atoms with E-state index in [2.05, 4.69) is 16.9 Å². The molecule has 0 aliphatic heterocycles. The minimum absolute atomic E-state index is 0.168. The van der Waals surface area contributed by atoms with E-state index in [-0.39, 0.29) is 24.5 Å². The Balaban J connectivity index is 2.03. The molecule has 0 bridgehead atoms. The van der Waals surface area contributed by atoms with Crippen LogP contribution in [-0.4, -0.2) is 26.6 Å². The smallest absolute Gasteiger partial charge is 0.332 e. The van der Waals surface area contributed by atoms with Crippen LogP contribution in [0.2, 0.25) is 0 Å². The molecule has 3 rings (SSSR count). The Labute approximate surface area is 155 Å². The van der Waals surface area contributed by atoms with Crippen LogP contribution in [0.3, 0.4) is 0 Å². The summed E-state index contributed by atoms with van der Waals surface area (Å²) in [5.74, 6) is -0.338. The molecule has 7 heteroatoms. The molecule has 0 aliphatic carbocycles. The molecule has 1 N–H and O–H groups in total. The summed E-state index contributed by atoms with van der Waals surface area (Å²) >= 11 is 0. The molecule has 0 spiro atoms. The fourth-order valence-electron chi connectivity index (χ4n) is 2.86. The number of aryl methyl sites for hydroxylation is 1. The highest BCUT2D eigenvalue weighted by molar-refractivity contribution is 5.79. The molecule has 1 aromatic carbocycles. The number of hydrogen-bond acceptors (Lipinski definition) is 4. The third-order valence-electron chi connectivity index (χ3n) is 4.20. The number of amides is 1. The number of benzene rings is 1. The Kier molecular flexibility index (Phi) is 5.61. The lowest BCUT2D eigenvalue weighted by Crippen LogP contribution is -2.43. The zero-order valence-corrected chi connectivity index (χ0v) is 14.8. The Hall–Kier alpha value is -3.48. The van der Waals surface area contributed by atoms with Gasteiger partial charge in [-0.1, -0.05) is 36.4 Å². The highest BCUT2D eigenvalue weighted by atomic mass is 16.2. The van der Waals surface area contributed by atoms with Crippen molar-refractivity contribution in [3.63, 3.8) is 0 Å². The molecule has 0 atom stereocenters. The lowest BCUT2D eigenvalue weighted by molar-refractivity contribution is -0.121. The van der Waals surface area contributed by atoms with Crippen LogP contribution in [0.4, 0.5) is 0 Å². The second-order valence-electron chi connectivity index (χ2n) is 6.02. The molecule has 2 aromatic heterocycles. The normalized spacial score (nSPS) is 10.7. The van der Waals surface area contributed by atoms with Gasteiger partial charge in [-0.05, 0) is 24.1 Å². The Morgan fingerprint density at radius 1 is 1.11 bits per heavy atom. The number of carbonyl (C=O) groups is 1. The van der Waals surface area contributed by atoms with E-state index >= 15 is 0 Å². The lowest BCUT2D eigenvalue weighted by atomic mass is 10.1. The summed E-state index contributed by atoms with van der Waals surface area (Å²) in [4.78, 5) is 41.9. The van der Waals surface area contributed by atoms with E-state index in [9.17, 15) is 14.4 Å². The molecule has 138 valence electrons. The molecule has 0 fully saturated rings. The molecule has 0 radical (unpaired) electrons. The molecule has 0 saturated heterocycles. The number of aromatic nitrogens is 3. The Morgan fingerprint density at radius 2 is 1.89 bits per heavy atom. The maximum atomic E-state index is 12.9. The highest BCUT2D eigenvalue weighted by Crippen LogP contribution is 2.05. The van der Waals surface area contributed by atoms with Crippen LogP contribution < -0.4 is 16.6 Å². The van der Waals surface area contributed by atoms with Gasteiger partial charge in [0.1, 0.15) is 6.54 Å². The summed E-state index contributed by atoms with van der Waals surface area (Å²) in [6, 6.07) is 12.8. The van der Waals surface area contributed by atoms with Gasteiger partial charge in [-0.3, -0.25) is 18.7 Å². The van der Waals surface area contributed by atoms with Crippen LogP contribution in [0.15, 0.2) is 70.9 Å². The first-order chi connectivity index (χ1) is 13.1. The highest BCUT2D eigenvalue weighted by Gasteiger charge is 2.15. The van der Waals surface area contributed by atoms with Gasteiger partial charge < -0.3 is 5.32 Å². The molecular weight excluding hydrogens is 344 g/mol.